The largest absolute Gasteiger partial charge is 0.496 e. The van der Waals surface area contributed by atoms with Crippen LogP contribution in [0, 0.1) is 0 Å². The van der Waals surface area contributed by atoms with Gasteiger partial charge in [-0.2, -0.15) is 0 Å². The van der Waals surface area contributed by atoms with E-state index in [-0.39, 0.29) is 5.41 Å². The van der Waals surface area contributed by atoms with Crippen LogP contribution in [0.25, 0.3) is 0 Å². The zero-order valence-electron chi connectivity index (χ0n) is 9.74. The van der Waals surface area contributed by atoms with E-state index in [1.54, 1.807) is 13.2 Å². The van der Waals surface area contributed by atoms with Crippen molar-refractivity contribution in [2.24, 2.45) is 5.73 Å². The second kappa shape index (κ2) is 4.21. The fraction of sp³-hybridized carbons (Fsp3) is 0.500. The summed E-state index contributed by atoms with van der Waals surface area (Å²) in [5, 5.41) is 9.31. The van der Waals surface area contributed by atoms with Crippen molar-refractivity contribution < 1.29 is 9.84 Å². The molecular weight excluding hydrogens is 190 g/mol. The molecule has 1 atom stereocenters. The highest BCUT2D eigenvalue weighted by Crippen LogP contribution is 2.32. The number of nitrogens with two attached hydrogens (primary N) is 1. The quantitative estimate of drug-likeness (QED) is 0.732. The monoisotopic (exact) mass is 209 g/mol. The molecule has 3 N–H and O–H groups in total. The van der Waals surface area contributed by atoms with Gasteiger partial charge in [-0.05, 0) is 28.7 Å². The highest BCUT2D eigenvalue weighted by molar-refractivity contribution is 5.42. The maximum atomic E-state index is 9.31. The van der Waals surface area contributed by atoms with E-state index in [9.17, 15) is 5.11 Å². The third-order valence-electron chi connectivity index (χ3n) is 2.37. The van der Waals surface area contributed by atoms with E-state index in [0.717, 1.165) is 11.3 Å². The van der Waals surface area contributed by atoms with E-state index >= 15 is 0 Å². The average Bonchev–Trinajstić information content (AvgIpc) is 2.15. The van der Waals surface area contributed by atoms with Gasteiger partial charge in [-0.3, -0.25) is 0 Å². The van der Waals surface area contributed by atoms with E-state index < -0.39 is 6.23 Å². The van der Waals surface area contributed by atoms with Gasteiger partial charge in [-0.25, -0.2) is 0 Å². The molecule has 1 aromatic rings. The molecule has 0 radical (unpaired) electrons. The molecule has 3 nitrogen and oxygen atoms in total. The molecule has 0 amide bonds. The minimum absolute atomic E-state index is 0.0315. The van der Waals surface area contributed by atoms with Gasteiger partial charge in [-0.15, -0.1) is 0 Å². The van der Waals surface area contributed by atoms with Crippen LogP contribution < -0.4 is 10.5 Å². The lowest BCUT2D eigenvalue weighted by Gasteiger charge is -2.23. The number of aliphatic hydroxyl groups is 1. The number of benzene rings is 1. The first-order valence-electron chi connectivity index (χ1n) is 4.98. The predicted octanol–water partition coefficient (Wildman–Crippen LogP) is 1.94. The lowest BCUT2D eigenvalue weighted by molar-refractivity contribution is 0.186. The van der Waals surface area contributed by atoms with Gasteiger partial charge in [0.05, 0.1) is 7.11 Å². The Morgan fingerprint density at radius 2 is 1.93 bits per heavy atom. The Kier molecular flexibility index (Phi) is 3.37. The van der Waals surface area contributed by atoms with Gasteiger partial charge >= 0.3 is 0 Å². The van der Waals surface area contributed by atoms with Crippen molar-refractivity contribution in [3.05, 3.63) is 29.3 Å². The number of methoxy groups -OCH3 is 1. The lowest BCUT2D eigenvalue weighted by atomic mass is 9.85. The molecule has 1 unspecified atom stereocenters. The molecule has 0 aliphatic heterocycles. The fourth-order valence-electron chi connectivity index (χ4n) is 1.50. The maximum Gasteiger partial charge on any atom is 0.128 e. The Labute approximate surface area is 90.9 Å². The van der Waals surface area contributed by atoms with Gasteiger partial charge in [0.2, 0.25) is 0 Å². The van der Waals surface area contributed by atoms with Gasteiger partial charge in [0.15, 0.2) is 0 Å². The highest BCUT2D eigenvalue weighted by atomic mass is 16.5. The van der Waals surface area contributed by atoms with E-state index in [4.69, 9.17) is 10.5 Å². The maximum absolute atomic E-state index is 9.31. The normalized spacial score (nSPS) is 13.7. The smallest absolute Gasteiger partial charge is 0.128 e. The van der Waals surface area contributed by atoms with Crippen molar-refractivity contribution in [2.45, 2.75) is 32.4 Å². The Balaban J connectivity index is 3.26. The Morgan fingerprint density at radius 3 is 2.33 bits per heavy atom. The summed E-state index contributed by atoms with van der Waals surface area (Å²) in [6, 6.07) is 5.51. The van der Waals surface area contributed by atoms with E-state index in [1.165, 1.54) is 0 Å². The summed E-state index contributed by atoms with van der Waals surface area (Å²) >= 11 is 0. The third kappa shape index (κ3) is 2.70. The van der Waals surface area contributed by atoms with Crippen LogP contribution in [0.1, 0.15) is 38.1 Å². The molecule has 1 rings (SSSR count). The van der Waals surface area contributed by atoms with Crippen LogP contribution in [0.5, 0.6) is 5.75 Å². The number of rotatable bonds is 2. The number of hydrogen-bond donors (Lipinski definition) is 2. The van der Waals surface area contributed by atoms with Crippen molar-refractivity contribution in [2.75, 3.05) is 7.11 Å². The molecule has 0 aliphatic rings. The van der Waals surface area contributed by atoms with Crippen LogP contribution in [0.3, 0.4) is 0 Å². The first-order valence-corrected chi connectivity index (χ1v) is 4.98. The van der Waals surface area contributed by atoms with Crippen LogP contribution in [-0.4, -0.2) is 12.2 Å². The van der Waals surface area contributed by atoms with Crippen LogP contribution in [0.15, 0.2) is 18.2 Å². The second-order valence-corrected chi connectivity index (χ2v) is 4.65. The van der Waals surface area contributed by atoms with Gasteiger partial charge in [0.25, 0.3) is 0 Å². The molecule has 0 heterocycles. The Bertz CT molecular complexity index is 340. The summed E-state index contributed by atoms with van der Waals surface area (Å²) in [5.41, 5.74) is 7.16. The molecule has 0 aromatic heterocycles. The summed E-state index contributed by atoms with van der Waals surface area (Å²) in [6.07, 6.45) is -0.933. The van der Waals surface area contributed by atoms with Crippen molar-refractivity contribution in [1.29, 1.82) is 0 Å². The third-order valence-corrected chi connectivity index (χ3v) is 2.37. The van der Waals surface area contributed by atoms with Gasteiger partial charge < -0.3 is 15.6 Å². The van der Waals surface area contributed by atoms with Crippen LogP contribution in [0.4, 0.5) is 0 Å². The zero-order valence-corrected chi connectivity index (χ0v) is 9.74. The van der Waals surface area contributed by atoms with Crippen LogP contribution in [-0.2, 0) is 5.41 Å². The standard InChI is InChI=1S/C12H19NO2/c1-12(2,3)9-7-8(11(13)14)5-6-10(9)15-4/h5-7,11,14H,13H2,1-4H3. The first-order chi connectivity index (χ1) is 6.86. The fourth-order valence-corrected chi connectivity index (χ4v) is 1.50. The van der Waals surface area contributed by atoms with Gasteiger partial charge in [0.1, 0.15) is 12.0 Å². The number of hydrogen-bond acceptors (Lipinski definition) is 3. The summed E-state index contributed by atoms with van der Waals surface area (Å²) in [4.78, 5) is 0. The molecule has 3 heteroatoms. The van der Waals surface area contributed by atoms with Crippen LogP contribution >= 0.6 is 0 Å². The molecule has 0 saturated carbocycles. The van der Waals surface area contributed by atoms with Crippen molar-refractivity contribution in [3.63, 3.8) is 0 Å². The molecule has 0 aliphatic carbocycles. The minimum Gasteiger partial charge on any atom is -0.496 e. The van der Waals surface area contributed by atoms with Crippen LogP contribution in [0.2, 0.25) is 0 Å². The summed E-state index contributed by atoms with van der Waals surface area (Å²) in [5.74, 6) is 0.826. The Morgan fingerprint density at radius 1 is 1.33 bits per heavy atom. The summed E-state index contributed by atoms with van der Waals surface area (Å²) in [7, 11) is 1.64. The van der Waals surface area contributed by atoms with Gasteiger partial charge in [0, 0.05) is 0 Å². The van der Waals surface area contributed by atoms with Crippen molar-refractivity contribution in [3.8, 4) is 5.75 Å². The lowest BCUT2D eigenvalue weighted by Crippen LogP contribution is -2.15. The highest BCUT2D eigenvalue weighted by Gasteiger charge is 2.19. The number of ether oxygens (including phenoxy) is 1. The number of aliphatic hydroxyl groups excluding tert-OH is 1. The summed E-state index contributed by atoms with van der Waals surface area (Å²) in [6.45, 7) is 6.28. The molecule has 1 aromatic carbocycles. The molecule has 0 bridgehead atoms. The topological polar surface area (TPSA) is 55.5 Å². The average molecular weight is 209 g/mol. The van der Waals surface area contributed by atoms with Gasteiger partial charge in [-0.1, -0.05) is 26.8 Å². The molecule has 0 fully saturated rings. The molecule has 0 saturated heterocycles. The Hall–Kier alpha value is -1.06. The predicted molar refractivity (Wildman–Crippen MR) is 60.8 cm³/mol. The zero-order chi connectivity index (χ0) is 11.6. The first kappa shape index (κ1) is 12.0. The molecule has 84 valence electrons. The van der Waals surface area contributed by atoms with E-state index in [2.05, 4.69) is 20.8 Å². The second-order valence-electron chi connectivity index (χ2n) is 4.65. The van der Waals surface area contributed by atoms with Crippen molar-refractivity contribution in [1.82, 2.24) is 0 Å². The minimum atomic E-state index is -0.933. The van der Waals surface area contributed by atoms with E-state index in [1.807, 2.05) is 12.1 Å². The molecular formula is C12H19NO2. The van der Waals surface area contributed by atoms with Crippen molar-refractivity contribution >= 4 is 0 Å². The SMILES string of the molecule is COc1ccc(C(N)O)cc1C(C)(C)C. The van der Waals surface area contributed by atoms with E-state index in [0.29, 0.717) is 5.56 Å². The molecule has 0 spiro atoms. The molecule has 15 heavy (non-hydrogen) atoms. The summed E-state index contributed by atoms with van der Waals surface area (Å²) < 4.78 is 5.28.